The van der Waals surface area contributed by atoms with Crippen molar-refractivity contribution >= 4 is 43.6 Å². The maximum Gasteiger partial charge on any atom is 0.0998 e. The highest BCUT2D eigenvalue weighted by Gasteiger charge is 2.21. The summed E-state index contributed by atoms with van der Waals surface area (Å²) in [6.45, 7) is 0. The second-order valence-corrected chi connectivity index (χ2v) is 12.3. The molecule has 0 radical (unpaired) electrons. The van der Waals surface area contributed by atoms with E-state index in [-0.39, 0.29) is 0 Å². The molecule has 0 N–H and O–H groups in total. The van der Waals surface area contributed by atoms with Crippen LogP contribution < -0.4 is 0 Å². The number of hydrogen-bond donors (Lipinski definition) is 0. The molecule has 9 aromatic rings. The fourth-order valence-corrected chi connectivity index (χ4v) is 7.54. The minimum absolute atomic E-state index is 0.527. The molecule has 0 bridgehead atoms. The Kier molecular flexibility index (Phi) is 6.56. The van der Waals surface area contributed by atoms with Gasteiger partial charge in [-0.2, -0.15) is 15.8 Å². The fourth-order valence-electron chi connectivity index (χ4n) is 7.54. The molecule has 0 unspecified atom stereocenters. The molecule has 0 aliphatic heterocycles. The number of fused-ring (bicyclic) bond motifs is 6. The second kappa shape index (κ2) is 11.4. The van der Waals surface area contributed by atoms with E-state index in [1.165, 1.54) is 10.8 Å². The third kappa shape index (κ3) is 4.24. The molecule has 2 aromatic heterocycles. The number of aromatic nitrogens is 2. The molecule has 0 fully saturated rings. The normalized spacial score (nSPS) is 11.1. The highest BCUT2D eigenvalue weighted by atomic mass is 15.0. The summed E-state index contributed by atoms with van der Waals surface area (Å²) in [4.78, 5) is 0. The van der Waals surface area contributed by atoms with Crippen LogP contribution in [-0.2, 0) is 0 Å². The third-order valence-electron chi connectivity index (χ3n) is 9.66. The Morgan fingerprint density at radius 1 is 0.420 bits per heavy atom. The van der Waals surface area contributed by atoms with Crippen molar-refractivity contribution in [1.29, 1.82) is 15.8 Å². The molecule has 0 aliphatic rings. The third-order valence-corrected chi connectivity index (χ3v) is 9.66. The number of rotatable bonds is 4. The van der Waals surface area contributed by atoms with Gasteiger partial charge in [0.1, 0.15) is 0 Å². The van der Waals surface area contributed by atoms with Crippen LogP contribution in [0.1, 0.15) is 16.7 Å². The van der Waals surface area contributed by atoms with Gasteiger partial charge in [0.2, 0.25) is 0 Å². The van der Waals surface area contributed by atoms with E-state index < -0.39 is 0 Å². The van der Waals surface area contributed by atoms with Crippen LogP contribution in [0.4, 0.5) is 0 Å². The summed E-state index contributed by atoms with van der Waals surface area (Å²) in [5.74, 6) is 0. The zero-order valence-corrected chi connectivity index (χ0v) is 26.7. The number of hydrogen-bond acceptors (Lipinski definition) is 3. The van der Waals surface area contributed by atoms with Crippen LogP contribution in [0.3, 0.4) is 0 Å². The van der Waals surface area contributed by atoms with Gasteiger partial charge in [0.15, 0.2) is 0 Å². The van der Waals surface area contributed by atoms with Gasteiger partial charge in [-0.1, -0.05) is 84.9 Å². The summed E-state index contributed by atoms with van der Waals surface area (Å²) in [6, 6.07) is 57.8. The summed E-state index contributed by atoms with van der Waals surface area (Å²) in [5.41, 5.74) is 11.2. The van der Waals surface area contributed by atoms with Crippen molar-refractivity contribution in [2.75, 3.05) is 0 Å². The first kappa shape index (κ1) is 28.8. The smallest absolute Gasteiger partial charge is 0.0998 e. The average Bonchev–Trinajstić information content (AvgIpc) is 3.70. The first-order valence-electron chi connectivity index (χ1n) is 16.3. The minimum atomic E-state index is 0.527. The molecule has 5 nitrogen and oxygen atoms in total. The van der Waals surface area contributed by atoms with Gasteiger partial charge in [-0.25, -0.2) is 0 Å². The molecule has 0 aliphatic carbocycles. The highest BCUT2D eigenvalue weighted by Crippen LogP contribution is 2.42. The maximum absolute atomic E-state index is 10.5. The van der Waals surface area contributed by atoms with Crippen molar-refractivity contribution < 1.29 is 0 Å². The molecule has 230 valence electrons. The van der Waals surface area contributed by atoms with Crippen LogP contribution in [0, 0.1) is 34.0 Å². The molecule has 0 saturated heterocycles. The van der Waals surface area contributed by atoms with Crippen LogP contribution in [0.25, 0.3) is 77.2 Å². The van der Waals surface area contributed by atoms with Crippen LogP contribution in [-0.4, -0.2) is 9.13 Å². The van der Waals surface area contributed by atoms with Crippen LogP contribution in [0.2, 0.25) is 0 Å². The highest BCUT2D eigenvalue weighted by molar-refractivity contribution is 6.13. The lowest BCUT2D eigenvalue weighted by molar-refractivity contribution is 1.18. The van der Waals surface area contributed by atoms with E-state index >= 15 is 0 Å². The van der Waals surface area contributed by atoms with Crippen molar-refractivity contribution in [2.24, 2.45) is 0 Å². The topological polar surface area (TPSA) is 81.2 Å². The molecule has 0 amide bonds. The zero-order chi connectivity index (χ0) is 33.8. The maximum atomic E-state index is 10.5. The molecule has 0 saturated carbocycles. The summed E-state index contributed by atoms with van der Waals surface area (Å²) in [7, 11) is 0. The molecular weight excluding hydrogens is 611 g/mol. The number of nitriles is 3. The van der Waals surface area contributed by atoms with E-state index in [1.807, 2.05) is 54.6 Å². The fraction of sp³-hybridized carbons (Fsp3) is 0. The quantitative estimate of drug-likeness (QED) is 0.193. The predicted octanol–water partition coefficient (Wildman–Crippen LogP) is 10.8. The molecule has 9 rings (SSSR count). The molecule has 2 heterocycles. The lowest BCUT2D eigenvalue weighted by Gasteiger charge is -2.18. The standard InChI is InChI=1S/C45H25N5/c46-26-29-19-24-42-38(25-29)45-32(28-48)10-8-18-43(45)50(42)41-17-6-3-13-37(41)44-31(27-47)9-7-14-34(44)30-20-22-33(23-21-30)49-39-15-4-1-11-35(39)36-12-2-5-16-40(36)49/h1-25H. The van der Waals surface area contributed by atoms with E-state index in [0.717, 1.165) is 66.5 Å². The summed E-state index contributed by atoms with van der Waals surface area (Å²) < 4.78 is 4.44. The van der Waals surface area contributed by atoms with E-state index in [2.05, 4.69) is 118 Å². The van der Waals surface area contributed by atoms with Gasteiger partial charge in [0, 0.05) is 38.4 Å². The summed E-state index contributed by atoms with van der Waals surface area (Å²) in [6.07, 6.45) is 0. The Hall–Kier alpha value is -7.39. The molecule has 5 heteroatoms. The predicted molar refractivity (Wildman–Crippen MR) is 200 cm³/mol. The van der Waals surface area contributed by atoms with Crippen LogP contribution in [0.15, 0.2) is 152 Å². The van der Waals surface area contributed by atoms with Crippen molar-refractivity contribution in [3.63, 3.8) is 0 Å². The van der Waals surface area contributed by atoms with E-state index in [1.54, 1.807) is 6.07 Å². The van der Waals surface area contributed by atoms with Gasteiger partial charge >= 0.3 is 0 Å². The van der Waals surface area contributed by atoms with Gasteiger partial charge in [-0.05, 0) is 77.9 Å². The first-order chi connectivity index (χ1) is 24.7. The molecule has 0 spiro atoms. The molecular formula is C45H25N5. The largest absolute Gasteiger partial charge is 0.309 e. The second-order valence-electron chi connectivity index (χ2n) is 12.3. The Bertz CT molecular complexity index is 2900. The SMILES string of the molecule is N#Cc1ccc2c(c1)c1c(C#N)cccc1n2-c1ccccc1-c1c(C#N)cccc1-c1ccc(-n2c3ccccc3c3ccccc32)cc1. The molecule has 7 aromatic carbocycles. The van der Waals surface area contributed by atoms with Crippen molar-refractivity contribution in [1.82, 2.24) is 9.13 Å². The minimum Gasteiger partial charge on any atom is -0.309 e. The Balaban J connectivity index is 1.26. The van der Waals surface area contributed by atoms with Crippen LogP contribution in [0.5, 0.6) is 0 Å². The van der Waals surface area contributed by atoms with Gasteiger partial charge in [-0.15, -0.1) is 0 Å². The molecule has 0 atom stereocenters. The lowest BCUT2D eigenvalue weighted by Crippen LogP contribution is -2.00. The number of para-hydroxylation sites is 3. The van der Waals surface area contributed by atoms with E-state index in [0.29, 0.717) is 16.7 Å². The summed E-state index contributed by atoms with van der Waals surface area (Å²) in [5, 5.41) is 34.3. The van der Waals surface area contributed by atoms with Crippen LogP contribution >= 0.6 is 0 Å². The Labute approximate surface area is 287 Å². The van der Waals surface area contributed by atoms with Crippen molar-refractivity contribution in [3.8, 4) is 51.8 Å². The lowest BCUT2D eigenvalue weighted by atomic mass is 9.89. The first-order valence-corrected chi connectivity index (χ1v) is 16.3. The van der Waals surface area contributed by atoms with Gasteiger partial charge in [0.25, 0.3) is 0 Å². The number of nitrogens with zero attached hydrogens (tertiary/aromatic N) is 5. The van der Waals surface area contributed by atoms with Crippen molar-refractivity contribution in [3.05, 3.63) is 168 Å². The monoisotopic (exact) mass is 635 g/mol. The Morgan fingerprint density at radius 3 is 1.74 bits per heavy atom. The average molecular weight is 636 g/mol. The number of benzene rings is 7. The Morgan fingerprint density at radius 2 is 1.02 bits per heavy atom. The van der Waals surface area contributed by atoms with Crippen molar-refractivity contribution in [2.45, 2.75) is 0 Å². The zero-order valence-electron chi connectivity index (χ0n) is 26.7. The van der Waals surface area contributed by atoms with Gasteiger partial charge < -0.3 is 9.13 Å². The molecule has 50 heavy (non-hydrogen) atoms. The van der Waals surface area contributed by atoms with E-state index in [4.69, 9.17) is 0 Å². The van der Waals surface area contributed by atoms with Gasteiger partial charge in [0.05, 0.1) is 62.7 Å². The van der Waals surface area contributed by atoms with E-state index in [9.17, 15) is 15.8 Å². The summed E-state index contributed by atoms with van der Waals surface area (Å²) >= 11 is 0. The van der Waals surface area contributed by atoms with Gasteiger partial charge in [-0.3, -0.25) is 0 Å².